The summed E-state index contributed by atoms with van der Waals surface area (Å²) in [7, 11) is 1.99. The molecule has 14 heavy (non-hydrogen) atoms. The monoisotopic (exact) mass is 308 g/mol. The van der Waals surface area contributed by atoms with Crippen molar-refractivity contribution >= 4 is 22.6 Å². The highest BCUT2D eigenvalue weighted by molar-refractivity contribution is 14.1. The number of nitrogens with zero attached hydrogens (tertiary/aromatic N) is 2. The van der Waals surface area contributed by atoms with Gasteiger partial charge in [0.15, 0.2) is 0 Å². The van der Waals surface area contributed by atoms with E-state index in [1.54, 1.807) is 0 Å². The second-order valence-electron chi connectivity index (χ2n) is 3.38. The van der Waals surface area contributed by atoms with Gasteiger partial charge in [-0.15, -0.1) is 0 Å². The van der Waals surface area contributed by atoms with Crippen molar-refractivity contribution in [2.75, 3.05) is 0 Å². The van der Waals surface area contributed by atoms with Crippen LogP contribution in [-0.2, 0) is 24.5 Å². The van der Waals surface area contributed by atoms with Crippen molar-refractivity contribution in [2.45, 2.75) is 37.2 Å². The first kappa shape index (κ1) is 12.0. The summed E-state index contributed by atoms with van der Waals surface area (Å²) in [6.45, 7) is 2.27. The molecule has 80 valence electrons. The third kappa shape index (κ3) is 2.48. The fourth-order valence-electron chi connectivity index (χ4n) is 1.51. The summed E-state index contributed by atoms with van der Waals surface area (Å²) in [5.41, 5.74) is 1.99. The lowest BCUT2D eigenvalue weighted by molar-refractivity contribution is 0.271. The second-order valence-corrected chi connectivity index (χ2v) is 4.14. The summed E-state index contributed by atoms with van der Waals surface area (Å²) >= 11 is 2.28. The maximum atomic E-state index is 9.20. The topological polar surface area (TPSA) is 38.1 Å². The summed E-state index contributed by atoms with van der Waals surface area (Å²) in [5.74, 6) is 1.10. The first-order valence-electron chi connectivity index (χ1n) is 4.94. The third-order valence-electron chi connectivity index (χ3n) is 2.42. The molecule has 0 unspecified atom stereocenters. The van der Waals surface area contributed by atoms with Crippen LogP contribution < -0.4 is 0 Å². The van der Waals surface area contributed by atoms with Crippen LogP contribution in [0.2, 0.25) is 0 Å². The van der Waals surface area contributed by atoms with Gasteiger partial charge in [0.2, 0.25) is 0 Å². The van der Waals surface area contributed by atoms with Gasteiger partial charge in [-0.1, -0.05) is 35.9 Å². The van der Waals surface area contributed by atoms with Gasteiger partial charge < -0.3 is 9.67 Å². The van der Waals surface area contributed by atoms with Gasteiger partial charge in [0.25, 0.3) is 0 Å². The summed E-state index contributed by atoms with van der Waals surface area (Å²) in [5, 5.41) is 9.20. The van der Waals surface area contributed by atoms with E-state index in [1.807, 2.05) is 11.6 Å². The van der Waals surface area contributed by atoms with Gasteiger partial charge in [0, 0.05) is 17.9 Å². The first-order valence-corrected chi connectivity index (χ1v) is 6.47. The van der Waals surface area contributed by atoms with E-state index >= 15 is 0 Å². The van der Waals surface area contributed by atoms with Crippen LogP contribution in [0.4, 0.5) is 0 Å². The van der Waals surface area contributed by atoms with Gasteiger partial charge >= 0.3 is 0 Å². The molecule has 0 saturated carbocycles. The van der Waals surface area contributed by atoms with Gasteiger partial charge in [0.05, 0.1) is 18.0 Å². The zero-order chi connectivity index (χ0) is 10.6. The average molecular weight is 308 g/mol. The van der Waals surface area contributed by atoms with Crippen LogP contribution in [0.5, 0.6) is 0 Å². The van der Waals surface area contributed by atoms with E-state index < -0.39 is 0 Å². The Labute approximate surface area is 98.7 Å². The Morgan fingerprint density at radius 1 is 1.50 bits per heavy atom. The summed E-state index contributed by atoms with van der Waals surface area (Å²) in [6.07, 6.45) is 3.36. The molecule has 0 aliphatic heterocycles. The molecule has 0 radical (unpaired) electrons. The van der Waals surface area contributed by atoms with E-state index in [0.29, 0.717) is 0 Å². The summed E-state index contributed by atoms with van der Waals surface area (Å²) in [6, 6.07) is 0. The molecule has 0 spiro atoms. The molecule has 0 saturated heterocycles. The molecule has 0 amide bonds. The minimum Gasteiger partial charge on any atom is -0.390 e. The Balaban J connectivity index is 2.89. The molecule has 3 nitrogen and oxygen atoms in total. The quantitative estimate of drug-likeness (QED) is 0.669. The minimum atomic E-state index is 0.0912. The molecule has 0 atom stereocenters. The van der Waals surface area contributed by atoms with Crippen molar-refractivity contribution in [3.63, 3.8) is 0 Å². The van der Waals surface area contributed by atoms with E-state index in [9.17, 15) is 5.11 Å². The molecular formula is C10H17IN2O. The van der Waals surface area contributed by atoms with E-state index in [4.69, 9.17) is 0 Å². The molecule has 1 N–H and O–H groups in total. The molecule has 0 fully saturated rings. The van der Waals surface area contributed by atoms with Crippen LogP contribution in [0.15, 0.2) is 0 Å². The first-order chi connectivity index (χ1) is 6.74. The van der Waals surface area contributed by atoms with Crippen LogP contribution in [0.25, 0.3) is 0 Å². The largest absolute Gasteiger partial charge is 0.390 e. The van der Waals surface area contributed by atoms with Crippen molar-refractivity contribution in [2.24, 2.45) is 7.05 Å². The van der Waals surface area contributed by atoms with E-state index in [-0.39, 0.29) is 6.61 Å². The highest BCUT2D eigenvalue weighted by Crippen LogP contribution is 2.15. The predicted molar refractivity (Wildman–Crippen MR) is 65.5 cm³/mol. The number of hydrogen-bond donors (Lipinski definition) is 1. The van der Waals surface area contributed by atoms with Gasteiger partial charge in [-0.2, -0.15) is 0 Å². The fourth-order valence-corrected chi connectivity index (χ4v) is 2.12. The van der Waals surface area contributed by atoms with Crippen LogP contribution in [0.3, 0.4) is 0 Å². The highest BCUT2D eigenvalue weighted by Gasteiger charge is 2.11. The van der Waals surface area contributed by atoms with Crippen molar-refractivity contribution in [3.05, 3.63) is 17.2 Å². The SMILES string of the molecule is CCCCc1nc(CI)c(CO)n1C. The number of unbranched alkanes of at least 4 members (excludes halogenated alkanes) is 1. The number of aliphatic hydroxyl groups is 1. The van der Waals surface area contributed by atoms with Gasteiger partial charge in [-0.3, -0.25) is 0 Å². The van der Waals surface area contributed by atoms with Crippen LogP contribution in [0, 0.1) is 0 Å². The van der Waals surface area contributed by atoms with Crippen molar-refractivity contribution in [3.8, 4) is 0 Å². The van der Waals surface area contributed by atoms with Crippen molar-refractivity contribution in [1.82, 2.24) is 9.55 Å². The number of halogens is 1. The molecule has 1 heterocycles. The number of aliphatic hydroxyl groups excluding tert-OH is 1. The lowest BCUT2D eigenvalue weighted by atomic mass is 10.2. The molecule has 0 aliphatic carbocycles. The number of aromatic nitrogens is 2. The number of rotatable bonds is 5. The molecule has 1 rings (SSSR count). The number of hydrogen-bond acceptors (Lipinski definition) is 2. The Bertz CT molecular complexity index is 297. The van der Waals surface area contributed by atoms with Crippen LogP contribution in [-0.4, -0.2) is 14.7 Å². The number of imidazole rings is 1. The molecule has 0 bridgehead atoms. The Hall–Kier alpha value is -0.100. The molecular weight excluding hydrogens is 291 g/mol. The maximum absolute atomic E-state index is 9.20. The molecule has 1 aromatic heterocycles. The smallest absolute Gasteiger partial charge is 0.109 e. The Morgan fingerprint density at radius 3 is 2.64 bits per heavy atom. The normalized spacial score (nSPS) is 10.9. The fraction of sp³-hybridized carbons (Fsp3) is 0.700. The number of aryl methyl sites for hydroxylation is 1. The minimum absolute atomic E-state index is 0.0912. The zero-order valence-electron chi connectivity index (χ0n) is 8.76. The standard InChI is InChI=1S/C10H17IN2O/c1-3-4-5-10-12-8(6-11)9(7-14)13(10)2/h14H,3-7H2,1-2H3. The second kappa shape index (κ2) is 5.70. The average Bonchev–Trinajstić information content (AvgIpc) is 2.51. The van der Waals surface area contributed by atoms with Gasteiger partial charge in [-0.05, 0) is 6.42 Å². The third-order valence-corrected chi connectivity index (χ3v) is 3.14. The summed E-state index contributed by atoms with van der Waals surface area (Å²) < 4.78 is 2.90. The Morgan fingerprint density at radius 2 is 2.21 bits per heavy atom. The van der Waals surface area contributed by atoms with Crippen LogP contribution >= 0.6 is 22.6 Å². The van der Waals surface area contributed by atoms with Gasteiger partial charge in [-0.25, -0.2) is 4.98 Å². The summed E-state index contributed by atoms with van der Waals surface area (Å²) in [4.78, 5) is 4.53. The zero-order valence-corrected chi connectivity index (χ0v) is 10.9. The van der Waals surface area contributed by atoms with E-state index in [1.165, 1.54) is 6.42 Å². The van der Waals surface area contributed by atoms with Crippen LogP contribution in [0.1, 0.15) is 37.0 Å². The lowest BCUT2D eigenvalue weighted by Gasteiger charge is -2.03. The molecule has 0 aromatic carbocycles. The van der Waals surface area contributed by atoms with Crippen molar-refractivity contribution in [1.29, 1.82) is 0 Å². The van der Waals surface area contributed by atoms with E-state index in [0.717, 1.165) is 34.5 Å². The van der Waals surface area contributed by atoms with E-state index in [2.05, 4.69) is 34.5 Å². The molecule has 4 heteroatoms. The highest BCUT2D eigenvalue weighted by atomic mass is 127. The Kier molecular flexibility index (Phi) is 4.88. The number of alkyl halides is 1. The van der Waals surface area contributed by atoms with Gasteiger partial charge in [0.1, 0.15) is 5.82 Å². The predicted octanol–water partition coefficient (Wildman–Crippen LogP) is 2.19. The van der Waals surface area contributed by atoms with Crippen molar-refractivity contribution < 1.29 is 5.11 Å². The molecule has 1 aromatic rings. The molecule has 0 aliphatic rings. The maximum Gasteiger partial charge on any atom is 0.109 e. The lowest BCUT2D eigenvalue weighted by Crippen LogP contribution is -2.02.